The third kappa shape index (κ3) is 2.19. The van der Waals surface area contributed by atoms with E-state index >= 15 is 0 Å². The van der Waals surface area contributed by atoms with Crippen molar-refractivity contribution >= 4 is 23.3 Å². The van der Waals surface area contributed by atoms with Gasteiger partial charge in [-0.25, -0.2) is 4.39 Å². The Morgan fingerprint density at radius 2 is 2.05 bits per heavy atom. The van der Waals surface area contributed by atoms with E-state index in [4.69, 9.17) is 0 Å². The molecule has 2 amide bonds. The first-order valence-electron chi connectivity index (χ1n) is 7.28. The first-order valence-corrected chi connectivity index (χ1v) is 7.28. The highest BCUT2D eigenvalue weighted by molar-refractivity contribution is 6.08. The number of fused-ring (bicyclic) bond motifs is 1. The van der Waals surface area contributed by atoms with Crippen molar-refractivity contribution in [1.29, 1.82) is 0 Å². The number of rotatable bonds is 2. The normalized spacial score (nSPS) is 20.5. The van der Waals surface area contributed by atoms with Crippen LogP contribution in [0.25, 0.3) is 0 Å². The van der Waals surface area contributed by atoms with Gasteiger partial charge in [0, 0.05) is 50.3 Å². The molecule has 1 heterocycles. The van der Waals surface area contributed by atoms with E-state index < -0.39 is 11.7 Å². The zero-order chi connectivity index (χ0) is 16.0. The van der Waals surface area contributed by atoms with Gasteiger partial charge in [0.15, 0.2) is 5.78 Å². The van der Waals surface area contributed by atoms with Gasteiger partial charge in [-0.2, -0.15) is 0 Å². The third-order valence-electron chi connectivity index (χ3n) is 4.28. The maximum absolute atomic E-state index is 14.5. The van der Waals surface area contributed by atoms with E-state index in [0.29, 0.717) is 18.7 Å². The molecule has 6 heteroatoms. The molecule has 0 saturated carbocycles. The molecule has 0 bridgehead atoms. The Labute approximate surface area is 127 Å². The van der Waals surface area contributed by atoms with Gasteiger partial charge in [-0.3, -0.25) is 14.4 Å². The van der Waals surface area contributed by atoms with Crippen LogP contribution in [0.4, 0.5) is 10.1 Å². The molecule has 1 aromatic carbocycles. The highest BCUT2D eigenvalue weighted by atomic mass is 19.1. The average Bonchev–Trinajstić information content (AvgIpc) is 3.02. The van der Waals surface area contributed by atoms with E-state index in [1.54, 1.807) is 20.2 Å². The molecule has 22 heavy (non-hydrogen) atoms. The lowest BCUT2D eigenvalue weighted by Gasteiger charge is -2.19. The van der Waals surface area contributed by atoms with E-state index in [-0.39, 0.29) is 35.1 Å². The molecule has 1 aliphatic heterocycles. The SMILES string of the molecule is CN(C)C(=O)C1CC(=O)c2cc(N3CCCC3=O)cc(F)c21. The molecule has 0 aromatic heterocycles. The molecular formula is C16H17FN2O3. The number of likely N-dealkylation sites (N-methyl/N-ethyl adjacent to an activating group) is 1. The van der Waals surface area contributed by atoms with Crippen molar-refractivity contribution in [2.24, 2.45) is 0 Å². The van der Waals surface area contributed by atoms with Gasteiger partial charge >= 0.3 is 0 Å². The Morgan fingerprint density at radius 1 is 1.32 bits per heavy atom. The molecule has 5 nitrogen and oxygen atoms in total. The lowest BCUT2D eigenvalue weighted by molar-refractivity contribution is -0.130. The van der Waals surface area contributed by atoms with Crippen LogP contribution < -0.4 is 4.90 Å². The summed E-state index contributed by atoms with van der Waals surface area (Å²) in [5.74, 6) is -1.94. The van der Waals surface area contributed by atoms with E-state index in [0.717, 1.165) is 6.42 Å². The van der Waals surface area contributed by atoms with Crippen molar-refractivity contribution in [1.82, 2.24) is 4.90 Å². The van der Waals surface area contributed by atoms with Crippen LogP contribution in [0.1, 0.15) is 41.1 Å². The smallest absolute Gasteiger partial charge is 0.230 e. The van der Waals surface area contributed by atoms with Crippen molar-refractivity contribution in [3.8, 4) is 0 Å². The van der Waals surface area contributed by atoms with Crippen LogP contribution in [0, 0.1) is 5.82 Å². The number of nitrogens with zero attached hydrogens (tertiary/aromatic N) is 2. The minimum atomic E-state index is -0.763. The molecule has 1 fully saturated rings. The molecule has 1 unspecified atom stereocenters. The Bertz CT molecular complexity index is 684. The summed E-state index contributed by atoms with van der Waals surface area (Å²) in [6.45, 7) is 0.533. The van der Waals surface area contributed by atoms with E-state index in [2.05, 4.69) is 0 Å². The van der Waals surface area contributed by atoms with Gasteiger partial charge in [0.25, 0.3) is 0 Å². The van der Waals surface area contributed by atoms with Crippen LogP contribution >= 0.6 is 0 Å². The molecule has 1 atom stereocenters. The molecular weight excluding hydrogens is 287 g/mol. The van der Waals surface area contributed by atoms with Crippen LogP contribution in [0.2, 0.25) is 0 Å². The molecule has 0 spiro atoms. The monoisotopic (exact) mass is 304 g/mol. The number of benzene rings is 1. The quantitative estimate of drug-likeness (QED) is 0.836. The summed E-state index contributed by atoms with van der Waals surface area (Å²) in [6, 6.07) is 2.81. The summed E-state index contributed by atoms with van der Waals surface area (Å²) in [4.78, 5) is 39.0. The van der Waals surface area contributed by atoms with Gasteiger partial charge in [0.1, 0.15) is 5.82 Å². The Kier molecular flexibility index (Phi) is 3.47. The highest BCUT2D eigenvalue weighted by Gasteiger charge is 2.38. The summed E-state index contributed by atoms with van der Waals surface area (Å²) >= 11 is 0. The Morgan fingerprint density at radius 3 is 2.64 bits per heavy atom. The zero-order valence-corrected chi connectivity index (χ0v) is 12.6. The standard InChI is InChI=1S/C16H17FN2O3/c1-18(2)16(22)11-8-13(20)10-6-9(7-12(17)15(10)11)19-5-3-4-14(19)21/h6-7,11H,3-5,8H2,1-2H3. The molecule has 2 aliphatic rings. The van der Waals surface area contributed by atoms with Crippen molar-refractivity contribution in [3.05, 3.63) is 29.1 Å². The van der Waals surface area contributed by atoms with Crippen LogP contribution in [0.15, 0.2) is 12.1 Å². The average molecular weight is 304 g/mol. The molecule has 1 aromatic rings. The number of halogens is 1. The fourth-order valence-electron chi connectivity index (χ4n) is 3.19. The first-order chi connectivity index (χ1) is 10.4. The number of ketones is 1. The Balaban J connectivity index is 2.05. The summed E-state index contributed by atoms with van der Waals surface area (Å²) in [7, 11) is 3.17. The summed E-state index contributed by atoms with van der Waals surface area (Å²) in [6.07, 6.45) is 1.16. The predicted molar refractivity (Wildman–Crippen MR) is 78.4 cm³/mol. The van der Waals surface area contributed by atoms with Crippen LogP contribution in [-0.2, 0) is 9.59 Å². The fraction of sp³-hybridized carbons (Fsp3) is 0.438. The van der Waals surface area contributed by atoms with Gasteiger partial charge in [0.2, 0.25) is 11.8 Å². The van der Waals surface area contributed by atoms with Crippen molar-refractivity contribution in [2.75, 3.05) is 25.5 Å². The van der Waals surface area contributed by atoms with E-state index in [9.17, 15) is 18.8 Å². The Hall–Kier alpha value is -2.24. The molecule has 0 radical (unpaired) electrons. The maximum Gasteiger partial charge on any atom is 0.230 e. The molecule has 1 aliphatic carbocycles. The molecule has 1 saturated heterocycles. The second-order valence-corrected chi connectivity index (χ2v) is 5.95. The number of carbonyl (C=O) groups excluding carboxylic acids is 3. The third-order valence-corrected chi connectivity index (χ3v) is 4.28. The number of carbonyl (C=O) groups is 3. The molecule has 3 rings (SSSR count). The first kappa shape index (κ1) is 14.7. The number of Topliss-reactive ketones (excluding diaryl/α,β-unsaturated/α-hetero) is 1. The highest BCUT2D eigenvalue weighted by Crippen LogP contribution is 2.39. The van der Waals surface area contributed by atoms with Gasteiger partial charge in [-0.1, -0.05) is 0 Å². The molecule has 116 valence electrons. The lowest BCUT2D eigenvalue weighted by atomic mass is 9.98. The number of hydrogen-bond donors (Lipinski definition) is 0. The van der Waals surface area contributed by atoms with Crippen LogP contribution in [0.5, 0.6) is 0 Å². The van der Waals surface area contributed by atoms with Crippen LogP contribution in [0.3, 0.4) is 0 Å². The van der Waals surface area contributed by atoms with Crippen molar-refractivity contribution in [3.63, 3.8) is 0 Å². The zero-order valence-electron chi connectivity index (χ0n) is 12.6. The van der Waals surface area contributed by atoms with E-state index in [1.165, 1.54) is 15.9 Å². The largest absolute Gasteiger partial charge is 0.348 e. The number of anilines is 1. The lowest BCUT2D eigenvalue weighted by Crippen LogP contribution is -2.28. The van der Waals surface area contributed by atoms with Crippen LogP contribution in [-0.4, -0.2) is 43.1 Å². The minimum absolute atomic E-state index is 0.0132. The van der Waals surface area contributed by atoms with Gasteiger partial charge in [0.05, 0.1) is 5.92 Å². The van der Waals surface area contributed by atoms with Crippen molar-refractivity contribution in [2.45, 2.75) is 25.2 Å². The molecule has 0 N–H and O–H groups in total. The second kappa shape index (κ2) is 5.19. The summed E-state index contributed by atoms with van der Waals surface area (Å²) < 4.78 is 14.5. The van der Waals surface area contributed by atoms with E-state index in [1.807, 2.05) is 0 Å². The number of hydrogen-bond acceptors (Lipinski definition) is 3. The van der Waals surface area contributed by atoms with Gasteiger partial charge in [-0.05, 0) is 18.6 Å². The summed E-state index contributed by atoms with van der Waals surface area (Å²) in [5.41, 5.74) is 0.805. The summed E-state index contributed by atoms with van der Waals surface area (Å²) in [5, 5.41) is 0. The topological polar surface area (TPSA) is 57.7 Å². The predicted octanol–water partition coefficient (Wildman–Crippen LogP) is 1.71. The fourth-order valence-corrected chi connectivity index (χ4v) is 3.19. The second-order valence-electron chi connectivity index (χ2n) is 5.95. The van der Waals surface area contributed by atoms with Gasteiger partial charge < -0.3 is 9.80 Å². The van der Waals surface area contributed by atoms with Crippen molar-refractivity contribution < 1.29 is 18.8 Å². The minimum Gasteiger partial charge on any atom is -0.348 e. The van der Waals surface area contributed by atoms with Gasteiger partial charge in [-0.15, -0.1) is 0 Å². The maximum atomic E-state index is 14.5. The number of amides is 2.